The van der Waals surface area contributed by atoms with Gasteiger partial charge in [0, 0.05) is 11.9 Å². The highest BCUT2D eigenvalue weighted by molar-refractivity contribution is 7.09. The van der Waals surface area contributed by atoms with E-state index >= 15 is 0 Å². The van der Waals surface area contributed by atoms with Gasteiger partial charge in [0.1, 0.15) is 0 Å². The number of urea groups is 1. The predicted molar refractivity (Wildman–Crippen MR) is 87.5 cm³/mol. The number of rotatable bonds is 5. The molecular weight excluding hydrogens is 308 g/mol. The van der Waals surface area contributed by atoms with E-state index in [1.165, 1.54) is 5.56 Å². The van der Waals surface area contributed by atoms with Gasteiger partial charge in [-0.25, -0.2) is 15.6 Å². The van der Waals surface area contributed by atoms with E-state index in [1.54, 1.807) is 11.3 Å². The van der Waals surface area contributed by atoms with Gasteiger partial charge >= 0.3 is 6.03 Å². The third-order valence-electron chi connectivity index (χ3n) is 2.91. The van der Waals surface area contributed by atoms with Gasteiger partial charge in [0.05, 0.1) is 10.7 Å². The number of thiazole rings is 1. The summed E-state index contributed by atoms with van der Waals surface area (Å²) in [5.74, 6) is 5.01. The van der Waals surface area contributed by atoms with Crippen LogP contribution in [0.1, 0.15) is 21.8 Å². The molecule has 2 rings (SSSR count). The van der Waals surface area contributed by atoms with Gasteiger partial charge in [0.2, 0.25) is 0 Å². The quantitative estimate of drug-likeness (QED) is 0.448. The highest BCUT2D eigenvalue weighted by atomic mass is 35.5. The summed E-state index contributed by atoms with van der Waals surface area (Å²) in [6.07, 6.45) is 1.88. The van der Waals surface area contributed by atoms with Crippen molar-refractivity contribution < 1.29 is 4.79 Å². The van der Waals surface area contributed by atoms with Gasteiger partial charge in [-0.2, -0.15) is 0 Å². The maximum Gasteiger partial charge on any atom is 0.329 e. The first-order chi connectivity index (χ1) is 9.67. The predicted octanol–water partition coefficient (Wildman–Crippen LogP) is 2.33. The van der Waals surface area contributed by atoms with Crippen LogP contribution >= 0.6 is 23.7 Å². The van der Waals surface area contributed by atoms with Gasteiger partial charge in [0.25, 0.3) is 0 Å². The normalized spacial score (nSPS) is 9.81. The molecule has 0 saturated carbocycles. The van der Waals surface area contributed by atoms with E-state index in [9.17, 15) is 4.79 Å². The first kappa shape index (κ1) is 17.4. The summed E-state index contributed by atoms with van der Waals surface area (Å²) >= 11 is 1.68. The molecule has 2 aromatic rings. The average molecular weight is 327 g/mol. The monoisotopic (exact) mass is 326 g/mol. The largest absolute Gasteiger partial charge is 0.333 e. The Hall–Kier alpha value is -1.63. The number of hydrazine groups is 1. The topological polar surface area (TPSA) is 80.0 Å². The van der Waals surface area contributed by atoms with E-state index in [0.717, 1.165) is 29.1 Å². The fraction of sp³-hybridized carbons (Fsp3) is 0.286. The number of halogens is 1. The van der Waals surface area contributed by atoms with Gasteiger partial charge in [-0.05, 0) is 30.9 Å². The Morgan fingerprint density at radius 2 is 2.10 bits per heavy atom. The molecule has 0 spiro atoms. The number of hydrogen-bond acceptors (Lipinski definition) is 4. The summed E-state index contributed by atoms with van der Waals surface area (Å²) in [5, 5.41) is 5.87. The van der Waals surface area contributed by atoms with Crippen LogP contribution in [0.3, 0.4) is 0 Å². The van der Waals surface area contributed by atoms with Crippen molar-refractivity contribution in [3.63, 3.8) is 0 Å². The van der Waals surface area contributed by atoms with Gasteiger partial charge in [-0.3, -0.25) is 5.43 Å². The van der Waals surface area contributed by atoms with Crippen molar-refractivity contribution in [3.8, 4) is 0 Å². The van der Waals surface area contributed by atoms with E-state index in [0.29, 0.717) is 6.54 Å². The Labute approximate surface area is 134 Å². The van der Waals surface area contributed by atoms with E-state index in [4.69, 9.17) is 5.84 Å². The first-order valence-corrected chi connectivity index (χ1v) is 7.28. The van der Waals surface area contributed by atoms with Gasteiger partial charge in [-0.15, -0.1) is 23.7 Å². The Morgan fingerprint density at radius 1 is 1.33 bits per heavy atom. The van der Waals surface area contributed by atoms with Crippen molar-refractivity contribution >= 4 is 29.8 Å². The van der Waals surface area contributed by atoms with Crippen LogP contribution in [-0.2, 0) is 19.4 Å². The zero-order valence-corrected chi connectivity index (χ0v) is 13.4. The molecule has 0 aliphatic carbocycles. The molecule has 0 saturated heterocycles. The molecule has 7 heteroatoms. The lowest BCUT2D eigenvalue weighted by Crippen LogP contribution is -2.39. The molecule has 1 aromatic carbocycles. The summed E-state index contributed by atoms with van der Waals surface area (Å²) in [6, 6.07) is 7.78. The van der Waals surface area contributed by atoms with Crippen LogP contribution in [0.15, 0.2) is 29.6 Å². The molecule has 0 bridgehead atoms. The number of nitrogens with one attached hydrogen (secondary N) is 2. The van der Waals surface area contributed by atoms with E-state index < -0.39 is 0 Å². The third-order valence-corrected chi connectivity index (χ3v) is 3.73. The molecule has 0 fully saturated rings. The van der Waals surface area contributed by atoms with Gasteiger partial charge in [-0.1, -0.05) is 24.3 Å². The van der Waals surface area contributed by atoms with Crippen LogP contribution in [0.2, 0.25) is 0 Å². The number of nitrogens with two attached hydrogens (primary N) is 1. The number of nitrogens with zero attached hydrogens (tertiary/aromatic N) is 1. The number of benzene rings is 1. The van der Waals surface area contributed by atoms with E-state index in [1.807, 2.05) is 24.5 Å². The number of amides is 2. The minimum atomic E-state index is -0.381. The van der Waals surface area contributed by atoms with Crippen molar-refractivity contribution in [2.45, 2.75) is 26.3 Å². The van der Waals surface area contributed by atoms with Crippen LogP contribution < -0.4 is 16.6 Å². The van der Waals surface area contributed by atoms with Crippen LogP contribution in [0.5, 0.6) is 0 Å². The fourth-order valence-electron chi connectivity index (χ4n) is 1.92. The number of aryl methyl sites for hydroxylation is 3. The Morgan fingerprint density at radius 3 is 2.76 bits per heavy atom. The molecule has 0 radical (unpaired) electrons. The highest BCUT2D eigenvalue weighted by Gasteiger charge is 2.02. The summed E-state index contributed by atoms with van der Waals surface area (Å²) in [4.78, 5) is 15.5. The summed E-state index contributed by atoms with van der Waals surface area (Å²) in [7, 11) is 0. The van der Waals surface area contributed by atoms with E-state index in [-0.39, 0.29) is 18.4 Å². The van der Waals surface area contributed by atoms with Gasteiger partial charge in [0.15, 0.2) is 0 Å². The zero-order chi connectivity index (χ0) is 14.4. The van der Waals surface area contributed by atoms with Crippen molar-refractivity contribution in [1.82, 2.24) is 15.7 Å². The number of hydrogen-bond donors (Lipinski definition) is 3. The lowest BCUT2D eigenvalue weighted by Gasteiger charge is -2.06. The first-order valence-electron chi connectivity index (χ1n) is 6.40. The SMILES string of the molecule is Cc1nc(CCc2cccc(CNC(=O)NN)c2)cs1.Cl. The van der Waals surface area contributed by atoms with Crippen LogP contribution in [0.4, 0.5) is 4.79 Å². The van der Waals surface area contributed by atoms with Crippen molar-refractivity contribution in [1.29, 1.82) is 0 Å². The average Bonchev–Trinajstić information content (AvgIpc) is 2.88. The second-order valence-electron chi connectivity index (χ2n) is 4.50. The second kappa shape index (κ2) is 8.61. The van der Waals surface area contributed by atoms with Crippen molar-refractivity contribution in [2.75, 3.05) is 0 Å². The molecular formula is C14H19ClN4OS. The zero-order valence-electron chi connectivity index (χ0n) is 11.8. The molecule has 4 N–H and O–H groups in total. The Kier molecular flexibility index (Phi) is 7.14. The molecule has 0 aliphatic heterocycles. The molecule has 0 aliphatic rings. The Balaban J connectivity index is 0.00000220. The number of carbonyl (C=O) groups is 1. The molecule has 1 aromatic heterocycles. The summed E-state index contributed by atoms with van der Waals surface area (Å²) < 4.78 is 0. The number of aromatic nitrogens is 1. The lowest BCUT2D eigenvalue weighted by atomic mass is 10.1. The van der Waals surface area contributed by atoms with Crippen LogP contribution in [-0.4, -0.2) is 11.0 Å². The molecule has 0 atom stereocenters. The molecule has 2 amide bonds. The maximum absolute atomic E-state index is 11.0. The molecule has 21 heavy (non-hydrogen) atoms. The lowest BCUT2D eigenvalue weighted by molar-refractivity contribution is 0.241. The number of carbonyl (C=O) groups excluding carboxylic acids is 1. The molecule has 5 nitrogen and oxygen atoms in total. The maximum atomic E-state index is 11.0. The summed E-state index contributed by atoms with van der Waals surface area (Å²) in [6.45, 7) is 2.48. The second-order valence-corrected chi connectivity index (χ2v) is 5.57. The standard InChI is InChI=1S/C14H18N4OS.ClH/c1-10-17-13(9-20-10)6-5-11-3-2-4-12(7-11)8-16-14(19)18-15;/h2-4,7,9H,5-6,8,15H2,1H3,(H2,16,18,19);1H. The fourth-order valence-corrected chi connectivity index (χ4v) is 2.57. The Bertz CT molecular complexity index is 588. The van der Waals surface area contributed by atoms with Crippen LogP contribution in [0.25, 0.3) is 0 Å². The van der Waals surface area contributed by atoms with Crippen LogP contribution in [0, 0.1) is 6.92 Å². The van der Waals surface area contributed by atoms with Gasteiger partial charge < -0.3 is 5.32 Å². The summed E-state index contributed by atoms with van der Waals surface area (Å²) in [5.41, 5.74) is 5.47. The minimum absolute atomic E-state index is 0. The minimum Gasteiger partial charge on any atom is -0.333 e. The highest BCUT2D eigenvalue weighted by Crippen LogP contribution is 2.12. The molecule has 0 unspecified atom stereocenters. The van der Waals surface area contributed by atoms with Crippen molar-refractivity contribution in [3.05, 3.63) is 51.5 Å². The molecule has 114 valence electrons. The van der Waals surface area contributed by atoms with E-state index in [2.05, 4.69) is 27.8 Å². The third kappa shape index (κ3) is 5.71. The van der Waals surface area contributed by atoms with Crippen molar-refractivity contribution in [2.24, 2.45) is 5.84 Å². The molecule has 1 heterocycles. The smallest absolute Gasteiger partial charge is 0.329 e.